The second-order valence-corrected chi connectivity index (χ2v) is 18.1. The molecule has 0 N–H and O–H groups in total. The number of rotatable bonds is 9. The lowest BCUT2D eigenvalue weighted by atomic mass is 9.68. The first-order valence-electron chi connectivity index (χ1n) is 23.8. The van der Waals surface area contributed by atoms with Crippen LogP contribution in [0.3, 0.4) is 0 Å². The Kier molecular flexibility index (Phi) is 9.77. The molecule has 11 aromatic carbocycles. The van der Waals surface area contributed by atoms with Gasteiger partial charge in [0.15, 0.2) is 0 Å². The smallest absolute Gasteiger partial charge is 0.0713 e. The molecule has 324 valence electrons. The number of nitrogens with zero attached hydrogens (tertiary/aromatic N) is 2. The molecule has 0 unspecified atom stereocenters. The van der Waals surface area contributed by atoms with Gasteiger partial charge in [0.1, 0.15) is 0 Å². The summed E-state index contributed by atoms with van der Waals surface area (Å²) in [6.07, 6.45) is 0. The zero-order chi connectivity index (χ0) is 45.7. The normalized spacial score (nSPS) is 12.5. The van der Waals surface area contributed by atoms with Crippen molar-refractivity contribution in [2.24, 2.45) is 0 Å². The summed E-state index contributed by atoms with van der Waals surface area (Å²) in [4.78, 5) is 2.39. The topological polar surface area (TPSA) is 8.17 Å². The number of para-hydroxylation sites is 2. The van der Waals surface area contributed by atoms with Crippen molar-refractivity contribution >= 4 is 38.9 Å². The van der Waals surface area contributed by atoms with E-state index in [1.165, 1.54) is 88.6 Å². The minimum absolute atomic E-state index is 0.444. The van der Waals surface area contributed by atoms with Gasteiger partial charge in [-0.3, -0.25) is 0 Å². The number of hydrogen-bond donors (Lipinski definition) is 0. The van der Waals surface area contributed by atoms with E-state index in [2.05, 4.69) is 289 Å². The van der Waals surface area contributed by atoms with Crippen molar-refractivity contribution in [2.75, 3.05) is 4.90 Å². The first-order valence-corrected chi connectivity index (χ1v) is 23.8. The van der Waals surface area contributed by atoms with Gasteiger partial charge in [-0.2, -0.15) is 0 Å². The second kappa shape index (κ2) is 16.7. The van der Waals surface area contributed by atoms with E-state index < -0.39 is 5.41 Å². The monoisotopic (exact) mass is 878 g/mol. The van der Waals surface area contributed by atoms with Crippen LogP contribution in [0.25, 0.3) is 72.0 Å². The quantitative estimate of drug-likeness (QED) is 0.140. The molecule has 13 rings (SSSR count). The van der Waals surface area contributed by atoms with Gasteiger partial charge in [0.05, 0.1) is 16.4 Å². The summed E-state index contributed by atoms with van der Waals surface area (Å²) in [6, 6.07) is 102. The summed E-state index contributed by atoms with van der Waals surface area (Å²) in [6.45, 7) is 0. The van der Waals surface area contributed by atoms with Crippen molar-refractivity contribution in [2.45, 2.75) is 5.41 Å². The molecule has 1 heterocycles. The summed E-state index contributed by atoms with van der Waals surface area (Å²) in [5.74, 6) is 0. The molecule has 0 radical (unpaired) electrons. The molecule has 2 heteroatoms. The highest BCUT2D eigenvalue weighted by atomic mass is 15.1. The fourth-order valence-electron chi connectivity index (χ4n) is 11.2. The molecule has 0 saturated carbocycles. The lowest BCUT2D eigenvalue weighted by molar-refractivity contribution is 0.768. The molecular formula is C67H46N2. The van der Waals surface area contributed by atoms with E-state index in [0.717, 1.165) is 22.7 Å². The minimum Gasteiger partial charge on any atom is -0.310 e. The van der Waals surface area contributed by atoms with Crippen molar-refractivity contribution in [1.29, 1.82) is 0 Å². The van der Waals surface area contributed by atoms with Gasteiger partial charge in [-0.05, 0) is 140 Å². The van der Waals surface area contributed by atoms with Gasteiger partial charge in [0.2, 0.25) is 0 Å². The average molecular weight is 879 g/mol. The Balaban J connectivity index is 0.867. The van der Waals surface area contributed by atoms with Crippen molar-refractivity contribution in [3.05, 3.63) is 301 Å². The van der Waals surface area contributed by atoms with E-state index in [0.29, 0.717) is 0 Å². The fraction of sp³-hybridized carbons (Fsp3) is 0.0149. The van der Waals surface area contributed by atoms with Gasteiger partial charge in [0.25, 0.3) is 0 Å². The van der Waals surface area contributed by atoms with Gasteiger partial charge < -0.3 is 9.47 Å². The summed E-state index contributed by atoms with van der Waals surface area (Å²) in [7, 11) is 0. The maximum atomic E-state index is 2.40. The number of fused-ring (bicyclic) bond motifs is 6. The van der Waals surface area contributed by atoms with Crippen LogP contribution in [-0.2, 0) is 5.41 Å². The molecule has 0 spiro atoms. The lowest BCUT2D eigenvalue weighted by Gasteiger charge is -2.34. The van der Waals surface area contributed by atoms with Crippen LogP contribution in [0.5, 0.6) is 0 Å². The third kappa shape index (κ3) is 6.72. The van der Waals surface area contributed by atoms with Crippen LogP contribution < -0.4 is 4.90 Å². The maximum absolute atomic E-state index is 2.40. The van der Waals surface area contributed by atoms with Crippen molar-refractivity contribution in [3.8, 4) is 50.2 Å². The first-order chi connectivity index (χ1) is 34.2. The molecular weight excluding hydrogens is 833 g/mol. The molecule has 12 aromatic rings. The fourth-order valence-corrected chi connectivity index (χ4v) is 11.2. The van der Waals surface area contributed by atoms with Crippen LogP contribution in [0.2, 0.25) is 0 Å². The van der Waals surface area contributed by atoms with Gasteiger partial charge >= 0.3 is 0 Å². The van der Waals surface area contributed by atoms with Crippen LogP contribution in [0.1, 0.15) is 22.3 Å². The van der Waals surface area contributed by atoms with E-state index in [1.54, 1.807) is 0 Å². The van der Waals surface area contributed by atoms with Crippen LogP contribution in [0, 0.1) is 0 Å². The molecule has 0 atom stereocenters. The summed E-state index contributed by atoms with van der Waals surface area (Å²) >= 11 is 0. The van der Waals surface area contributed by atoms with Crippen LogP contribution in [0.15, 0.2) is 279 Å². The second-order valence-electron chi connectivity index (χ2n) is 18.1. The third-order valence-electron chi connectivity index (χ3n) is 14.3. The summed E-state index contributed by atoms with van der Waals surface area (Å²) in [5.41, 5.74) is 21.2. The van der Waals surface area contributed by atoms with Gasteiger partial charge in [-0.15, -0.1) is 0 Å². The highest BCUT2D eigenvalue weighted by Gasteiger charge is 2.46. The Morgan fingerprint density at radius 3 is 1.51 bits per heavy atom. The van der Waals surface area contributed by atoms with E-state index in [4.69, 9.17) is 0 Å². The Bertz CT molecular complexity index is 3780. The Morgan fingerprint density at radius 1 is 0.275 bits per heavy atom. The Morgan fingerprint density at radius 2 is 0.768 bits per heavy atom. The Labute approximate surface area is 403 Å². The molecule has 0 amide bonds. The molecule has 0 bridgehead atoms. The van der Waals surface area contributed by atoms with E-state index in [1.807, 2.05) is 0 Å². The highest BCUT2D eigenvalue weighted by Crippen LogP contribution is 2.57. The largest absolute Gasteiger partial charge is 0.310 e. The highest BCUT2D eigenvalue weighted by molar-refractivity contribution is 6.10. The van der Waals surface area contributed by atoms with Crippen LogP contribution in [0.4, 0.5) is 17.1 Å². The van der Waals surface area contributed by atoms with Crippen molar-refractivity contribution in [1.82, 2.24) is 4.57 Å². The number of anilines is 3. The van der Waals surface area contributed by atoms with Gasteiger partial charge in [-0.25, -0.2) is 0 Å². The number of benzene rings is 11. The molecule has 69 heavy (non-hydrogen) atoms. The van der Waals surface area contributed by atoms with Crippen LogP contribution >= 0.6 is 0 Å². The average Bonchev–Trinajstić information content (AvgIpc) is 3.92. The molecule has 0 aliphatic heterocycles. The van der Waals surface area contributed by atoms with E-state index in [9.17, 15) is 0 Å². The predicted octanol–water partition coefficient (Wildman–Crippen LogP) is 17.6. The first kappa shape index (κ1) is 40.3. The zero-order valence-corrected chi connectivity index (χ0v) is 38.0. The Hall–Kier alpha value is -8.98. The molecule has 0 fully saturated rings. The molecule has 1 aromatic heterocycles. The van der Waals surface area contributed by atoms with Crippen molar-refractivity contribution < 1.29 is 0 Å². The standard InChI is InChI=1S/C67H46N2/c1-5-19-47(20-6-1)51-23-18-30-57(44-51)69-65-34-16-14-32-60(65)62-45-52(37-42-66(62)69)50-22-17-21-49(43-50)48-35-38-56(39-36-48)68(55-28-11-4-12-29-55)58-40-41-64-61(46-58)59-31-13-15-33-63(59)67(64,53-24-7-2-8-25-53)54-26-9-3-10-27-54/h1-46H. The lowest BCUT2D eigenvalue weighted by Crippen LogP contribution is -2.28. The van der Waals surface area contributed by atoms with Gasteiger partial charge in [0, 0.05) is 33.5 Å². The van der Waals surface area contributed by atoms with Crippen LogP contribution in [-0.4, -0.2) is 4.57 Å². The molecule has 1 aliphatic carbocycles. The SMILES string of the molecule is c1ccc(-c2cccc(-n3c4ccccc4c4cc(-c5cccc(-c6ccc(N(c7ccccc7)c7ccc8c(c7)-c7ccccc7C8(c7ccccc7)c7ccccc7)cc6)c5)ccc43)c2)cc1. The number of hydrogen-bond acceptors (Lipinski definition) is 1. The molecule has 2 nitrogen and oxygen atoms in total. The van der Waals surface area contributed by atoms with Gasteiger partial charge in [-0.1, -0.05) is 206 Å². The van der Waals surface area contributed by atoms with Crippen molar-refractivity contribution in [3.63, 3.8) is 0 Å². The summed E-state index contributed by atoms with van der Waals surface area (Å²) in [5, 5.41) is 2.48. The summed E-state index contributed by atoms with van der Waals surface area (Å²) < 4.78 is 2.40. The molecule has 0 saturated heterocycles. The number of aromatic nitrogens is 1. The van der Waals surface area contributed by atoms with E-state index in [-0.39, 0.29) is 0 Å². The third-order valence-corrected chi connectivity index (χ3v) is 14.3. The maximum Gasteiger partial charge on any atom is 0.0713 e. The predicted molar refractivity (Wildman–Crippen MR) is 289 cm³/mol. The minimum atomic E-state index is -0.444. The zero-order valence-electron chi connectivity index (χ0n) is 38.0. The molecule has 1 aliphatic rings. The van der Waals surface area contributed by atoms with E-state index >= 15 is 0 Å².